The first-order chi connectivity index (χ1) is 15.9. The maximum absolute atomic E-state index is 13.5. The molecule has 1 amide bonds. The molecule has 0 aliphatic carbocycles. The number of thiazole rings is 1. The Hall–Kier alpha value is -2.04. The number of rotatable bonds is 8. The monoisotopic (exact) mass is 522 g/mol. The Morgan fingerprint density at radius 1 is 1.00 bits per heavy atom. The summed E-state index contributed by atoms with van der Waals surface area (Å²) >= 11 is 1.49. The van der Waals surface area contributed by atoms with Crippen LogP contribution in [0.25, 0.3) is 10.2 Å². The van der Waals surface area contributed by atoms with Gasteiger partial charge in [-0.2, -0.15) is 4.31 Å². The summed E-state index contributed by atoms with van der Waals surface area (Å²) in [5, 5.41) is 0.657. The van der Waals surface area contributed by atoms with Crippen molar-refractivity contribution in [3.8, 4) is 0 Å². The molecule has 0 N–H and O–H groups in total. The molecule has 1 saturated heterocycles. The van der Waals surface area contributed by atoms with E-state index >= 15 is 0 Å². The first kappa shape index (κ1) is 26.6. The highest BCUT2D eigenvalue weighted by molar-refractivity contribution is 7.89. The van der Waals surface area contributed by atoms with Gasteiger partial charge in [0.25, 0.3) is 5.91 Å². The summed E-state index contributed by atoms with van der Waals surface area (Å²) in [5.41, 5.74) is 1.32. The molecular weight excluding hydrogens is 492 g/mol. The fourth-order valence-electron chi connectivity index (χ4n) is 3.98. The van der Waals surface area contributed by atoms with E-state index in [9.17, 15) is 13.2 Å². The molecule has 1 aliphatic heterocycles. The van der Waals surface area contributed by atoms with E-state index in [0.717, 1.165) is 42.4 Å². The average Bonchev–Trinajstić information content (AvgIpc) is 3.26. The molecule has 0 saturated carbocycles. The number of hydrogen-bond donors (Lipinski definition) is 0. The molecule has 0 bridgehead atoms. The number of aromatic nitrogens is 1. The molecule has 0 unspecified atom stereocenters. The van der Waals surface area contributed by atoms with Crippen LogP contribution < -0.4 is 4.90 Å². The fraction of sp³-hybridized carbons (Fsp3) is 0.417. The Morgan fingerprint density at radius 2 is 1.68 bits per heavy atom. The van der Waals surface area contributed by atoms with Crippen molar-refractivity contribution in [3.05, 3.63) is 54.1 Å². The normalized spacial score (nSPS) is 14.8. The number of carbonyl (C=O) groups is 1. The van der Waals surface area contributed by atoms with Crippen molar-refractivity contribution in [1.29, 1.82) is 0 Å². The summed E-state index contributed by atoms with van der Waals surface area (Å²) in [4.78, 5) is 22.2. The van der Waals surface area contributed by atoms with Gasteiger partial charge in [-0.1, -0.05) is 29.9 Å². The van der Waals surface area contributed by atoms with Crippen LogP contribution in [0.5, 0.6) is 0 Å². The number of piperidine rings is 1. The van der Waals surface area contributed by atoms with Crippen LogP contribution in [0.15, 0.2) is 53.4 Å². The van der Waals surface area contributed by atoms with Gasteiger partial charge in [-0.3, -0.25) is 9.69 Å². The Morgan fingerprint density at radius 3 is 2.32 bits per heavy atom. The smallest absolute Gasteiger partial charge is 0.260 e. The third-order valence-electron chi connectivity index (χ3n) is 5.80. The number of hydrogen-bond acceptors (Lipinski definition) is 6. The molecule has 3 aromatic rings. The van der Waals surface area contributed by atoms with Crippen molar-refractivity contribution in [3.63, 3.8) is 0 Å². The first-order valence-corrected chi connectivity index (χ1v) is 13.5. The molecule has 0 spiro atoms. The van der Waals surface area contributed by atoms with Crippen LogP contribution in [0.1, 0.15) is 36.0 Å². The summed E-state index contributed by atoms with van der Waals surface area (Å²) in [7, 11) is 0.485. The van der Waals surface area contributed by atoms with Gasteiger partial charge in [0.05, 0.1) is 15.1 Å². The number of fused-ring (bicyclic) bond motifs is 1. The van der Waals surface area contributed by atoms with Gasteiger partial charge in [-0.05, 0) is 76.3 Å². The van der Waals surface area contributed by atoms with Crippen molar-refractivity contribution < 1.29 is 13.2 Å². The number of anilines is 1. The second kappa shape index (κ2) is 11.6. The van der Waals surface area contributed by atoms with Gasteiger partial charge in [-0.25, -0.2) is 13.4 Å². The van der Waals surface area contributed by atoms with E-state index in [4.69, 9.17) is 0 Å². The van der Waals surface area contributed by atoms with Gasteiger partial charge in [0.2, 0.25) is 10.0 Å². The molecular formula is C24H31ClN4O3S2. The van der Waals surface area contributed by atoms with E-state index in [-0.39, 0.29) is 23.2 Å². The van der Waals surface area contributed by atoms with Crippen LogP contribution in [-0.2, 0) is 10.0 Å². The fourth-order valence-corrected chi connectivity index (χ4v) is 6.49. The standard InChI is InChI=1S/C24H30N4O3S2.ClH/c1-26(2)15-8-18-28(24-25-21-9-4-5-10-22(21)32-24)23(29)19-11-13-20(14-12-19)33(30,31)27-16-6-3-7-17-27;/h4-5,9-14H,3,6-8,15-18H2,1-2H3;1H. The van der Waals surface area contributed by atoms with Crippen molar-refractivity contribution in [2.24, 2.45) is 0 Å². The van der Waals surface area contributed by atoms with E-state index in [0.29, 0.717) is 30.3 Å². The Bertz CT molecular complexity index is 1170. The number of amides is 1. The van der Waals surface area contributed by atoms with Crippen LogP contribution in [0.4, 0.5) is 5.13 Å². The van der Waals surface area contributed by atoms with Gasteiger partial charge in [0, 0.05) is 25.2 Å². The van der Waals surface area contributed by atoms with E-state index in [1.54, 1.807) is 33.5 Å². The van der Waals surface area contributed by atoms with Gasteiger partial charge in [-0.15, -0.1) is 12.4 Å². The van der Waals surface area contributed by atoms with Crippen molar-refractivity contribution in [2.45, 2.75) is 30.6 Å². The van der Waals surface area contributed by atoms with Gasteiger partial charge < -0.3 is 4.90 Å². The maximum Gasteiger partial charge on any atom is 0.260 e. The summed E-state index contributed by atoms with van der Waals surface area (Å²) in [6, 6.07) is 14.2. The lowest BCUT2D eigenvalue weighted by atomic mass is 10.2. The van der Waals surface area contributed by atoms with Crippen molar-refractivity contribution in [1.82, 2.24) is 14.2 Å². The lowest BCUT2D eigenvalue weighted by Crippen LogP contribution is -2.35. The largest absolute Gasteiger partial charge is 0.309 e. The number of halogens is 1. The quantitative estimate of drug-likeness (QED) is 0.435. The molecule has 1 aliphatic rings. The zero-order chi connectivity index (χ0) is 23.4. The Balaban J connectivity index is 0.00000324. The SMILES string of the molecule is CN(C)CCCN(C(=O)c1ccc(S(=O)(=O)N2CCCCC2)cc1)c1nc2ccccc2s1.Cl. The molecule has 2 aromatic carbocycles. The number of benzene rings is 2. The van der Waals surface area contributed by atoms with Crippen molar-refractivity contribution in [2.75, 3.05) is 45.2 Å². The van der Waals surface area contributed by atoms with Crippen LogP contribution in [0.3, 0.4) is 0 Å². The molecule has 2 heterocycles. The van der Waals surface area contributed by atoms with Crippen LogP contribution in [-0.4, -0.2) is 68.8 Å². The molecule has 1 fully saturated rings. The molecule has 0 atom stereocenters. The van der Waals surface area contributed by atoms with E-state index < -0.39 is 10.0 Å². The molecule has 4 rings (SSSR count). The minimum Gasteiger partial charge on any atom is -0.309 e. The van der Waals surface area contributed by atoms with E-state index in [1.807, 2.05) is 38.4 Å². The average molecular weight is 523 g/mol. The molecule has 7 nitrogen and oxygen atoms in total. The van der Waals surface area contributed by atoms with Crippen LogP contribution >= 0.6 is 23.7 Å². The lowest BCUT2D eigenvalue weighted by Gasteiger charge is -2.26. The summed E-state index contributed by atoms with van der Waals surface area (Å²) in [6.07, 6.45) is 3.64. The molecule has 10 heteroatoms. The summed E-state index contributed by atoms with van der Waals surface area (Å²) in [5.74, 6) is -0.172. The molecule has 1 aromatic heterocycles. The zero-order valence-electron chi connectivity index (χ0n) is 19.5. The predicted molar refractivity (Wildman–Crippen MR) is 141 cm³/mol. The third kappa shape index (κ3) is 5.95. The predicted octanol–water partition coefficient (Wildman–Crippen LogP) is 4.49. The highest BCUT2D eigenvalue weighted by atomic mass is 35.5. The first-order valence-electron chi connectivity index (χ1n) is 11.3. The number of para-hydroxylation sites is 1. The highest BCUT2D eigenvalue weighted by Gasteiger charge is 2.27. The van der Waals surface area contributed by atoms with Crippen molar-refractivity contribution >= 4 is 55.0 Å². The number of sulfonamides is 1. The second-order valence-electron chi connectivity index (χ2n) is 8.57. The summed E-state index contributed by atoms with van der Waals surface area (Å²) < 4.78 is 28.5. The number of nitrogens with zero attached hydrogens (tertiary/aromatic N) is 4. The van der Waals surface area contributed by atoms with Crippen LogP contribution in [0, 0.1) is 0 Å². The molecule has 0 radical (unpaired) electrons. The molecule has 184 valence electrons. The van der Waals surface area contributed by atoms with E-state index in [2.05, 4.69) is 9.88 Å². The third-order valence-corrected chi connectivity index (χ3v) is 8.77. The van der Waals surface area contributed by atoms with Gasteiger partial charge in [0.1, 0.15) is 0 Å². The highest BCUT2D eigenvalue weighted by Crippen LogP contribution is 2.30. The van der Waals surface area contributed by atoms with Crippen LogP contribution in [0.2, 0.25) is 0 Å². The summed E-state index contributed by atoms with van der Waals surface area (Å²) in [6.45, 7) is 2.49. The minimum atomic E-state index is -3.53. The topological polar surface area (TPSA) is 73.8 Å². The van der Waals surface area contributed by atoms with E-state index in [1.165, 1.54) is 11.3 Å². The number of carbonyl (C=O) groups excluding carboxylic acids is 1. The lowest BCUT2D eigenvalue weighted by molar-refractivity contribution is 0.0986. The van der Waals surface area contributed by atoms with Gasteiger partial charge >= 0.3 is 0 Å². The Kier molecular flexibility index (Phi) is 9.06. The second-order valence-corrected chi connectivity index (χ2v) is 11.5. The minimum absolute atomic E-state index is 0. The van der Waals surface area contributed by atoms with Gasteiger partial charge in [0.15, 0.2) is 5.13 Å². The Labute approximate surface area is 211 Å². The maximum atomic E-state index is 13.5. The zero-order valence-corrected chi connectivity index (χ0v) is 22.0. The molecule has 34 heavy (non-hydrogen) atoms.